The third-order valence-corrected chi connectivity index (χ3v) is 5.41. The summed E-state index contributed by atoms with van der Waals surface area (Å²) in [6, 6.07) is 15.0. The van der Waals surface area contributed by atoms with Crippen molar-refractivity contribution < 1.29 is 21.5 Å². The summed E-state index contributed by atoms with van der Waals surface area (Å²) in [5, 5.41) is 16.6. The van der Waals surface area contributed by atoms with Gasteiger partial charge in [0.25, 0.3) is 0 Å². The van der Waals surface area contributed by atoms with E-state index < -0.39 is 6.10 Å². The van der Waals surface area contributed by atoms with Crippen molar-refractivity contribution in [3.8, 4) is 0 Å². The topological polar surface area (TPSA) is 130 Å². The molecule has 2 bridgehead atoms. The molecule has 2 unspecified atom stereocenters. The zero-order valence-corrected chi connectivity index (χ0v) is 14.4. The summed E-state index contributed by atoms with van der Waals surface area (Å²) in [5.41, 5.74) is 1.03. The summed E-state index contributed by atoms with van der Waals surface area (Å²) in [6.07, 6.45) is 2.17. The minimum Gasteiger partial charge on any atom is -0.412 e. The van der Waals surface area contributed by atoms with Gasteiger partial charge in [0.1, 0.15) is 0 Å². The summed E-state index contributed by atoms with van der Waals surface area (Å²) in [7, 11) is 0. The summed E-state index contributed by atoms with van der Waals surface area (Å²) in [6.45, 7) is 4.30. The lowest BCUT2D eigenvalue weighted by atomic mass is 9.84. The fraction of sp³-hybridized carbons (Fsp3) is 0.474. The van der Waals surface area contributed by atoms with Gasteiger partial charge in [0.15, 0.2) is 0 Å². The van der Waals surface area contributed by atoms with Crippen molar-refractivity contribution >= 4 is 10.8 Å². The molecule has 140 valence electrons. The Kier molecular flexibility index (Phi) is 7.95. The van der Waals surface area contributed by atoms with Crippen molar-refractivity contribution in [2.45, 2.75) is 25.0 Å². The first-order valence-corrected chi connectivity index (χ1v) is 8.43. The van der Waals surface area contributed by atoms with E-state index >= 15 is 0 Å². The van der Waals surface area contributed by atoms with E-state index in [1.807, 2.05) is 24.3 Å². The SMILES string of the molecule is O.O.O.OC(CNC1CN2CCC1CC2)c1cccc2ccccc12. The average molecular weight is 350 g/mol. The van der Waals surface area contributed by atoms with E-state index in [1.54, 1.807) is 0 Å². The third-order valence-electron chi connectivity index (χ3n) is 5.41. The largest absolute Gasteiger partial charge is 0.412 e. The number of nitrogens with one attached hydrogen (secondary N) is 1. The normalized spacial score (nSPS) is 25.4. The average Bonchev–Trinajstić information content (AvgIpc) is 2.60. The van der Waals surface area contributed by atoms with Gasteiger partial charge in [-0.1, -0.05) is 42.5 Å². The first-order valence-electron chi connectivity index (χ1n) is 8.43. The van der Waals surface area contributed by atoms with Crippen molar-refractivity contribution in [2.75, 3.05) is 26.2 Å². The monoisotopic (exact) mass is 350 g/mol. The molecule has 0 saturated carbocycles. The number of aliphatic hydroxyl groups excluding tert-OH is 1. The van der Waals surface area contributed by atoms with E-state index in [0.29, 0.717) is 12.6 Å². The van der Waals surface area contributed by atoms with Crippen molar-refractivity contribution in [3.05, 3.63) is 48.0 Å². The van der Waals surface area contributed by atoms with Gasteiger partial charge in [-0.25, -0.2) is 0 Å². The van der Waals surface area contributed by atoms with Gasteiger partial charge in [-0.15, -0.1) is 0 Å². The van der Waals surface area contributed by atoms with Crippen LogP contribution in [0.4, 0.5) is 0 Å². The van der Waals surface area contributed by atoms with Crippen LogP contribution in [0.2, 0.25) is 0 Å². The van der Waals surface area contributed by atoms with Crippen LogP contribution < -0.4 is 5.32 Å². The summed E-state index contributed by atoms with van der Waals surface area (Å²) in [4.78, 5) is 2.54. The molecule has 0 aromatic heterocycles. The van der Waals surface area contributed by atoms with Gasteiger partial charge in [0, 0.05) is 19.1 Å². The highest BCUT2D eigenvalue weighted by Crippen LogP contribution is 2.28. The van der Waals surface area contributed by atoms with E-state index in [0.717, 1.165) is 23.4 Å². The highest BCUT2D eigenvalue weighted by molar-refractivity contribution is 5.85. The van der Waals surface area contributed by atoms with Crippen molar-refractivity contribution in [1.29, 1.82) is 0 Å². The maximum Gasteiger partial charge on any atom is 0.0920 e. The fourth-order valence-electron chi connectivity index (χ4n) is 4.11. The molecule has 5 rings (SSSR count). The van der Waals surface area contributed by atoms with Gasteiger partial charge >= 0.3 is 0 Å². The zero-order chi connectivity index (χ0) is 14.9. The number of piperidine rings is 3. The van der Waals surface area contributed by atoms with Crippen LogP contribution in [0.15, 0.2) is 42.5 Å². The summed E-state index contributed by atoms with van der Waals surface area (Å²) >= 11 is 0. The van der Waals surface area contributed by atoms with Crippen molar-refractivity contribution in [3.63, 3.8) is 0 Å². The number of fused-ring (bicyclic) bond motifs is 4. The smallest absolute Gasteiger partial charge is 0.0920 e. The second-order valence-electron chi connectivity index (χ2n) is 6.74. The number of hydrogen-bond acceptors (Lipinski definition) is 3. The summed E-state index contributed by atoms with van der Waals surface area (Å²) in [5.74, 6) is 0.796. The maximum absolute atomic E-state index is 10.6. The maximum atomic E-state index is 10.6. The Balaban J connectivity index is 0.00000104. The van der Waals surface area contributed by atoms with Crippen LogP contribution in [0, 0.1) is 5.92 Å². The second kappa shape index (κ2) is 9.24. The zero-order valence-electron chi connectivity index (χ0n) is 14.4. The number of benzene rings is 2. The Morgan fingerprint density at radius 2 is 1.68 bits per heavy atom. The first kappa shape index (κ1) is 21.5. The Morgan fingerprint density at radius 1 is 1.00 bits per heavy atom. The molecule has 0 amide bonds. The second-order valence-corrected chi connectivity index (χ2v) is 6.74. The number of aliphatic hydroxyl groups is 1. The number of hydrogen-bond donors (Lipinski definition) is 2. The minimum absolute atomic E-state index is 0. The molecule has 3 heterocycles. The van der Waals surface area contributed by atoms with E-state index in [-0.39, 0.29) is 16.4 Å². The van der Waals surface area contributed by atoms with Crippen LogP contribution in [0.1, 0.15) is 24.5 Å². The third kappa shape index (κ3) is 4.36. The Hall–Kier alpha value is -1.54. The van der Waals surface area contributed by atoms with Gasteiger partial charge in [0.2, 0.25) is 0 Å². The quantitative estimate of drug-likeness (QED) is 0.810. The standard InChI is InChI=1S/C19H24N2O.3H2O/c22-19(12-20-18-13-21-10-8-15(18)9-11-21)17-7-3-5-14-4-1-2-6-16(14)17;;;/h1-7,15,18-20,22H,8-13H2;3*1H2. The molecule has 2 aromatic carbocycles. The van der Waals surface area contributed by atoms with Crippen LogP contribution in [0.25, 0.3) is 10.8 Å². The molecule has 3 aliphatic heterocycles. The molecule has 0 aliphatic carbocycles. The molecule has 6 heteroatoms. The molecular formula is C19H30N2O4. The lowest BCUT2D eigenvalue weighted by Gasteiger charge is -2.45. The van der Waals surface area contributed by atoms with Crippen molar-refractivity contribution in [1.82, 2.24) is 10.2 Å². The van der Waals surface area contributed by atoms with Gasteiger partial charge in [-0.3, -0.25) is 0 Å². The highest BCUT2D eigenvalue weighted by Gasteiger charge is 2.33. The molecule has 8 N–H and O–H groups in total. The van der Waals surface area contributed by atoms with Gasteiger partial charge < -0.3 is 31.8 Å². The van der Waals surface area contributed by atoms with E-state index in [4.69, 9.17) is 0 Å². The predicted molar refractivity (Wildman–Crippen MR) is 101 cm³/mol. The molecule has 3 fully saturated rings. The molecule has 2 aromatic rings. The van der Waals surface area contributed by atoms with E-state index in [1.165, 1.54) is 31.3 Å². The van der Waals surface area contributed by atoms with Crippen molar-refractivity contribution in [2.24, 2.45) is 5.92 Å². The molecular weight excluding hydrogens is 320 g/mol. The first-order chi connectivity index (χ1) is 10.8. The molecule has 25 heavy (non-hydrogen) atoms. The van der Waals surface area contributed by atoms with E-state index in [9.17, 15) is 5.11 Å². The van der Waals surface area contributed by atoms with Gasteiger partial charge in [-0.2, -0.15) is 0 Å². The molecule has 3 saturated heterocycles. The number of nitrogens with zero attached hydrogens (tertiary/aromatic N) is 1. The van der Waals surface area contributed by atoms with Crippen LogP contribution in [-0.2, 0) is 0 Å². The van der Waals surface area contributed by atoms with Crippen LogP contribution >= 0.6 is 0 Å². The highest BCUT2D eigenvalue weighted by atomic mass is 16.3. The Morgan fingerprint density at radius 3 is 2.36 bits per heavy atom. The molecule has 2 atom stereocenters. The molecule has 3 aliphatic rings. The lowest BCUT2D eigenvalue weighted by Crippen LogP contribution is -2.56. The molecule has 0 radical (unpaired) electrons. The van der Waals surface area contributed by atoms with Crippen LogP contribution in [-0.4, -0.2) is 58.7 Å². The fourth-order valence-corrected chi connectivity index (χ4v) is 4.11. The molecule has 6 nitrogen and oxygen atoms in total. The lowest BCUT2D eigenvalue weighted by molar-refractivity contribution is 0.0637. The predicted octanol–water partition coefficient (Wildman–Crippen LogP) is 0.0829. The Labute approximate surface area is 148 Å². The van der Waals surface area contributed by atoms with Gasteiger partial charge in [0.05, 0.1) is 6.10 Å². The van der Waals surface area contributed by atoms with Gasteiger partial charge in [-0.05, 0) is 48.2 Å². The van der Waals surface area contributed by atoms with Crippen LogP contribution in [0.5, 0.6) is 0 Å². The molecule has 0 spiro atoms. The minimum atomic E-state index is -0.443. The Bertz CT molecular complexity index is 653. The van der Waals surface area contributed by atoms with Crippen LogP contribution in [0.3, 0.4) is 0 Å². The summed E-state index contributed by atoms with van der Waals surface area (Å²) < 4.78 is 0. The number of rotatable bonds is 4. The van der Waals surface area contributed by atoms with E-state index in [2.05, 4.69) is 28.4 Å².